The largest absolute Gasteiger partial charge is 0.382 e. The smallest absolute Gasteiger partial charge is 0.267 e. The molecule has 4 rings (SSSR count). The van der Waals surface area contributed by atoms with E-state index in [1.54, 1.807) is 22.9 Å². The second-order valence-electron chi connectivity index (χ2n) is 6.84. The predicted molar refractivity (Wildman–Crippen MR) is 117 cm³/mol. The lowest BCUT2D eigenvalue weighted by Gasteiger charge is -2.03. The van der Waals surface area contributed by atoms with Crippen molar-refractivity contribution in [3.05, 3.63) is 76.6 Å². The van der Waals surface area contributed by atoms with Crippen LogP contribution in [0.2, 0.25) is 5.02 Å². The third-order valence-electron chi connectivity index (χ3n) is 4.81. The van der Waals surface area contributed by atoms with Gasteiger partial charge in [0.25, 0.3) is 5.91 Å². The summed E-state index contributed by atoms with van der Waals surface area (Å²) in [5, 5.41) is 18.4. The van der Waals surface area contributed by atoms with Crippen molar-refractivity contribution in [2.45, 2.75) is 12.8 Å². The summed E-state index contributed by atoms with van der Waals surface area (Å²) in [6, 6.07) is 18.8. The normalized spacial score (nSPS) is 10.8. The van der Waals surface area contributed by atoms with Crippen LogP contribution >= 0.6 is 11.6 Å². The molecule has 0 radical (unpaired) electrons. The minimum atomic E-state index is -0.197. The number of para-hydroxylation sites is 1. The van der Waals surface area contributed by atoms with E-state index in [4.69, 9.17) is 17.3 Å². The number of nitrogens with zero attached hydrogens (tertiary/aromatic N) is 3. The Bertz CT molecular complexity index is 1250. The highest BCUT2D eigenvalue weighted by atomic mass is 35.5. The predicted octanol–water partition coefficient (Wildman–Crippen LogP) is 3.82. The number of aromatic nitrogens is 3. The van der Waals surface area contributed by atoms with Gasteiger partial charge in [-0.05, 0) is 49.2 Å². The highest BCUT2D eigenvalue weighted by Crippen LogP contribution is 2.22. The Kier molecular flexibility index (Phi) is 5.42. The number of hydrogen-bond acceptors (Lipinski definition) is 4. The van der Waals surface area contributed by atoms with E-state index in [1.165, 1.54) is 0 Å². The van der Waals surface area contributed by atoms with Gasteiger partial charge in [-0.1, -0.05) is 29.8 Å². The third-order valence-corrected chi connectivity index (χ3v) is 5.04. The number of fused-ring (bicyclic) bond motifs is 1. The molecule has 7 nitrogen and oxygen atoms in total. The molecule has 150 valence electrons. The fourth-order valence-corrected chi connectivity index (χ4v) is 3.50. The van der Waals surface area contributed by atoms with Gasteiger partial charge in [0.15, 0.2) is 0 Å². The Balaban J connectivity index is 1.39. The first-order valence-corrected chi connectivity index (χ1v) is 9.84. The van der Waals surface area contributed by atoms with Gasteiger partial charge in [-0.15, -0.1) is 0 Å². The van der Waals surface area contributed by atoms with Crippen LogP contribution < -0.4 is 11.1 Å². The zero-order valence-electron chi connectivity index (χ0n) is 16.0. The molecule has 2 aromatic carbocycles. The minimum Gasteiger partial charge on any atom is -0.382 e. The maximum atomic E-state index is 12.4. The molecule has 0 spiro atoms. The zero-order valence-corrected chi connectivity index (χ0v) is 16.8. The molecule has 4 N–H and O–H groups in total. The van der Waals surface area contributed by atoms with Crippen LogP contribution in [0.4, 0.5) is 5.82 Å². The van der Waals surface area contributed by atoms with E-state index >= 15 is 0 Å². The summed E-state index contributed by atoms with van der Waals surface area (Å²) in [7, 11) is 0. The van der Waals surface area contributed by atoms with Crippen molar-refractivity contribution in [2.75, 3.05) is 12.3 Å². The van der Waals surface area contributed by atoms with Crippen molar-refractivity contribution in [3.8, 4) is 11.8 Å². The number of H-pyrrole nitrogens is 1. The number of anilines is 1. The number of nitrogens with two attached hydrogens (primary N) is 1. The number of nitrogen functional groups attached to an aromatic ring is 1. The average molecular weight is 419 g/mol. The quantitative estimate of drug-likeness (QED) is 0.413. The Morgan fingerprint density at radius 1 is 1.23 bits per heavy atom. The number of carbonyl (C=O) groups is 1. The van der Waals surface area contributed by atoms with Crippen molar-refractivity contribution < 1.29 is 4.79 Å². The molecule has 0 aliphatic rings. The summed E-state index contributed by atoms with van der Waals surface area (Å²) in [6.45, 7) is 0.442. The second kappa shape index (κ2) is 8.31. The Morgan fingerprint density at radius 2 is 2.03 bits per heavy atom. The number of nitriles is 1. The lowest BCUT2D eigenvalue weighted by molar-refractivity contribution is 0.0949. The first-order valence-electron chi connectivity index (χ1n) is 9.46. The molecule has 0 fully saturated rings. The monoisotopic (exact) mass is 418 g/mol. The number of hydrogen-bond donors (Lipinski definition) is 3. The van der Waals surface area contributed by atoms with Gasteiger partial charge in [0, 0.05) is 22.5 Å². The number of aromatic amines is 1. The average Bonchev–Trinajstić information content (AvgIpc) is 3.32. The number of halogens is 1. The van der Waals surface area contributed by atoms with Gasteiger partial charge in [-0.2, -0.15) is 10.4 Å². The van der Waals surface area contributed by atoms with E-state index < -0.39 is 0 Å². The molecule has 0 bridgehead atoms. The Labute approximate surface area is 178 Å². The highest BCUT2D eigenvalue weighted by molar-refractivity contribution is 6.31. The minimum absolute atomic E-state index is 0.197. The van der Waals surface area contributed by atoms with Crippen molar-refractivity contribution >= 4 is 34.2 Å². The molecule has 30 heavy (non-hydrogen) atoms. The van der Waals surface area contributed by atoms with Gasteiger partial charge in [0.1, 0.15) is 23.1 Å². The molecule has 0 aliphatic heterocycles. The lowest BCUT2D eigenvalue weighted by Crippen LogP contribution is -2.25. The fourth-order valence-electron chi connectivity index (χ4n) is 3.32. The molecule has 0 saturated heterocycles. The first kappa shape index (κ1) is 19.6. The van der Waals surface area contributed by atoms with Gasteiger partial charge >= 0.3 is 0 Å². The molecular weight excluding hydrogens is 400 g/mol. The van der Waals surface area contributed by atoms with E-state index in [0.29, 0.717) is 47.2 Å². The van der Waals surface area contributed by atoms with Gasteiger partial charge in [-0.25, -0.2) is 4.68 Å². The van der Waals surface area contributed by atoms with E-state index in [0.717, 1.165) is 16.6 Å². The van der Waals surface area contributed by atoms with Crippen LogP contribution in [0.5, 0.6) is 0 Å². The molecule has 0 unspecified atom stereocenters. The number of nitrogens with one attached hydrogen (secondary N) is 2. The molecular formula is C22H19ClN6O. The molecule has 2 aromatic heterocycles. The number of amides is 1. The van der Waals surface area contributed by atoms with Gasteiger partial charge < -0.3 is 16.0 Å². The van der Waals surface area contributed by atoms with Crippen molar-refractivity contribution in [3.63, 3.8) is 0 Å². The Morgan fingerprint density at radius 3 is 2.80 bits per heavy atom. The fraction of sp³-hybridized carbons (Fsp3) is 0.136. The lowest BCUT2D eigenvalue weighted by atomic mass is 10.1. The topological polar surface area (TPSA) is 113 Å². The number of aryl methyl sites for hydroxylation is 1. The summed E-state index contributed by atoms with van der Waals surface area (Å²) in [6.07, 6.45) is 1.15. The molecule has 4 aromatic rings. The summed E-state index contributed by atoms with van der Waals surface area (Å²) in [5.41, 5.74) is 9.23. The van der Waals surface area contributed by atoms with Crippen molar-refractivity contribution in [2.24, 2.45) is 0 Å². The molecule has 8 heteroatoms. The van der Waals surface area contributed by atoms with E-state index in [9.17, 15) is 10.1 Å². The summed E-state index contributed by atoms with van der Waals surface area (Å²) in [5.74, 6) is 0.122. The maximum absolute atomic E-state index is 12.4. The van der Waals surface area contributed by atoms with Crippen LogP contribution in [0.3, 0.4) is 0 Å². The number of carbonyl (C=O) groups excluding carboxylic acids is 1. The second-order valence-corrected chi connectivity index (χ2v) is 7.28. The number of benzene rings is 2. The first-order chi connectivity index (χ1) is 14.6. The van der Waals surface area contributed by atoms with Crippen LogP contribution in [-0.4, -0.2) is 27.2 Å². The van der Waals surface area contributed by atoms with E-state index in [-0.39, 0.29) is 5.91 Å². The van der Waals surface area contributed by atoms with Crippen LogP contribution in [0.1, 0.15) is 28.2 Å². The Hall–Kier alpha value is -3.76. The van der Waals surface area contributed by atoms with Crippen LogP contribution in [0.25, 0.3) is 16.6 Å². The van der Waals surface area contributed by atoms with Gasteiger partial charge in [-0.3, -0.25) is 4.79 Å². The van der Waals surface area contributed by atoms with E-state index in [1.807, 2.05) is 36.4 Å². The molecule has 0 saturated carbocycles. The molecule has 0 atom stereocenters. The van der Waals surface area contributed by atoms with Crippen LogP contribution in [-0.2, 0) is 6.42 Å². The summed E-state index contributed by atoms with van der Waals surface area (Å²) >= 11 is 5.99. The summed E-state index contributed by atoms with van der Waals surface area (Å²) < 4.78 is 1.57. The maximum Gasteiger partial charge on any atom is 0.267 e. The third kappa shape index (κ3) is 3.86. The van der Waals surface area contributed by atoms with Crippen molar-refractivity contribution in [1.29, 1.82) is 5.26 Å². The van der Waals surface area contributed by atoms with Crippen LogP contribution in [0, 0.1) is 11.3 Å². The highest BCUT2D eigenvalue weighted by Gasteiger charge is 2.16. The molecule has 1 amide bonds. The van der Waals surface area contributed by atoms with Gasteiger partial charge in [0.05, 0.1) is 11.4 Å². The van der Waals surface area contributed by atoms with Crippen LogP contribution in [0.15, 0.2) is 54.6 Å². The van der Waals surface area contributed by atoms with Crippen molar-refractivity contribution in [1.82, 2.24) is 20.1 Å². The van der Waals surface area contributed by atoms with E-state index in [2.05, 4.69) is 21.5 Å². The number of rotatable bonds is 6. The zero-order chi connectivity index (χ0) is 21.1. The van der Waals surface area contributed by atoms with Gasteiger partial charge in [0.2, 0.25) is 0 Å². The standard InChI is InChI=1S/C22H19ClN6O/c23-15-8-9-18-14(11-15)12-20(27-18)22(30)26-10-4-7-19-17(13-24)21(25)29(28-19)16-5-2-1-3-6-16/h1-3,5-6,8-9,11-12,27H,4,7,10,25H2,(H,26,30). The molecule has 0 aliphatic carbocycles. The molecule has 2 heterocycles. The summed E-state index contributed by atoms with van der Waals surface area (Å²) in [4.78, 5) is 15.5. The SMILES string of the molecule is N#Cc1c(CCCNC(=O)c2cc3cc(Cl)ccc3[nH]2)nn(-c2ccccc2)c1N.